The van der Waals surface area contributed by atoms with E-state index in [1.165, 1.54) is 13.2 Å². The number of rotatable bonds is 11. The van der Waals surface area contributed by atoms with E-state index in [2.05, 4.69) is 6.58 Å². The van der Waals surface area contributed by atoms with Crippen LogP contribution in [0.25, 0.3) is 0 Å². The highest BCUT2D eigenvalue weighted by Gasteiger charge is 2.54. The van der Waals surface area contributed by atoms with Gasteiger partial charge in [-0.2, -0.15) is 0 Å². The third kappa shape index (κ3) is 6.14. The van der Waals surface area contributed by atoms with E-state index in [0.717, 1.165) is 11.8 Å². The summed E-state index contributed by atoms with van der Waals surface area (Å²) in [5.74, 6) is -1.97. The van der Waals surface area contributed by atoms with Gasteiger partial charge in [-0.15, -0.1) is 6.58 Å². The van der Waals surface area contributed by atoms with Gasteiger partial charge in [-0.3, -0.25) is 4.79 Å². The Kier molecular flexibility index (Phi) is 9.63. The zero-order valence-electron chi connectivity index (χ0n) is 22.2. The van der Waals surface area contributed by atoms with E-state index in [1.54, 1.807) is 0 Å². The van der Waals surface area contributed by atoms with Crippen LogP contribution in [0.1, 0.15) is 58.9 Å². The molecule has 200 valence electrons. The first-order valence-corrected chi connectivity index (χ1v) is 12.9. The third-order valence-electron chi connectivity index (χ3n) is 8.04. The van der Waals surface area contributed by atoms with Gasteiger partial charge in [-0.1, -0.05) is 64.1 Å². The number of Topliss-reactive ketones (excluding diaryl/α,β-unsaturated/α-hetero) is 1. The molecule has 2 fully saturated rings. The van der Waals surface area contributed by atoms with E-state index in [0.29, 0.717) is 19.4 Å². The second-order valence-corrected chi connectivity index (χ2v) is 10.9. The molecule has 0 spiro atoms. The van der Waals surface area contributed by atoms with Crippen LogP contribution in [0.3, 0.4) is 0 Å². The minimum atomic E-state index is -1.51. The van der Waals surface area contributed by atoms with Crippen molar-refractivity contribution in [1.29, 1.82) is 0 Å². The van der Waals surface area contributed by atoms with Gasteiger partial charge < -0.3 is 28.8 Å². The number of ketones is 1. The van der Waals surface area contributed by atoms with Gasteiger partial charge >= 0.3 is 0 Å². The van der Waals surface area contributed by atoms with Gasteiger partial charge in [0.2, 0.25) is 5.79 Å². The maximum Gasteiger partial charge on any atom is 0.231 e. The summed E-state index contributed by atoms with van der Waals surface area (Å²) in [4.78, 5) is 24.9. The molecule has 0 bridgehead atoms. The molecule has 2 aliphatic rings. The lowest BCUT2D eigenvalue weighted by atomic mass is 9.73. The van der Waals surface area contributed by atoms with Crippen LogP contribution in [0, 0.1) is 17.3 Å². The van der Waals surface area contributed by atoms with Crippen LogP contribution >= 0.6 is 0 Å². The summed E-state index contributed by atoms with van der Waals surface area (Å²) in [6.45, 7) is 11.9. The van der Waals surface area contributed by atoms with Crippen LogP contribution in [-0.4, -0.2) is 60.6 Å². The fourth-order valence-electron chi connectivity index (χ4n) is 5.40. The van der Waals surface area contributed by atoms with Crippen LogP contribution in [0.15, 0.2) is 43.0 Å². The van der Waals surface area contributed by atoms with Gasteiger partial charge in [0.25, 0.3) is 0 Å². The standard InChI is InChI=1S/C29H42O7/c1-7-25(31)28(4,5)26-15-19(2)27(32)29(33-6,36-26)17-22-16-24(20(3)23(35-22)13-14-30)34-18-21-11-9-8-10-12-21/h7-12,14,19-20,22-26,31H,1,13,15-18H2,2-6H3/t19-,20+,22+,23+,24+,25-,26-,29-/m1/s1. The molecule has 0 radical (unpaired) electrons. The van der Waals surface area contributed by atoms with E-state index < -0.39 is 29.5 Å². The minimum absolute atomic E-state index is 0.00461. The Morgan fingerprint density at radius 3 is 2.56 bits per heavy atom. The Labute approximate surface area is 215 Å². The van der Waals surface area contributed by atoms with Crippen LogP contribution in [0.4, 0.5) is 0 Å². The number of aliphatic hydroxyl groups excluding tert-OH is 1. The molecule has 0 amide bonds. The molecule has 2 aliphatic heterocycles. The molecule has 0 aromatic heterocycles. The molecule has 0 saturated carbocycles. The molecule has 36 heavy (non-hydrogen) atoms. The van der Waals surface area contributed by atoms with Crippen LogP contribution < -0.4 is 0 Å². The zero-order valence-corrected chi connectivity index (χ0v) is 22.2. The highest BCUT2D eigenvalue weighted by molar-refractivity contribution is 5.88. The van der Waals surface area contributed by atoms with Gasteiger partial charge in [0.15, 0.2) is 5.78 Å². The normalized spacial score (nSPS) is 34.2. The first kappa shape index (κ1) is 28.7. The largest absolute Gasteiger partial charge is 0.388 e. The predicted molar refractivity (Wildman–Crippen MR) is 136 cm³/mol. The Bertz CT molecular complexity index is 885. The summed E-state index contributed by atoms with van der Waals surface area (Å²) in [7, 11) is 1.47. The highest BCUT2D eigenvalue weighted by atomic mass is 16.7. The molecule has 1 aromatic carbocycles. The molecular weight excluding hydrogens is 460 g/mol. The van der Waals surface area contributed by atoms with Gasteiger partial charge in [0.1, 0.15) is 6.29 Å². The number of methoxy groups -OCH3 is 1. The smallest absolute Gasteiger partial charge is 0.231 e. The predicted octanol–water partition coefficient (Wildman–Crippen LogP) is 4.25. The van der Waals surface area contributed by atoms with E-state index in [4.69, 9.17) is 18.9 Å². The lowest BCUT2D eigenvalue weighted by Crippen LogP contribution is -2.60. The Hall–Kier alpha value is -1.90. The maximum atomic E-state index is 13.5. The highest BCUT2D eigenvalue weighted by Crippen LogP contribution is 2.44. The number of carbonyl (C=O) groups excluding carboxylic acids is 2. The van der Waals surface area contributed by atoms with Crippen LogP contribution in [0.2, 0.25) is 0 Å². The van der Waals surface area contributed by atoms with Crippen molar-refractivity contribution in [3.8, 4) is 0 Å². The molecule has 7 nitrogen and oxygen atoms in total. The molecule has 8 atom stereocenters. The molecule has 1 aromatic rings. The Morgan fingerprint density at radius 2 is 1.94 bits per heavy atom. The van der Waals surface area contributed by atoms with E-state index in [1.807, 2.05) is 58.0 Å². The monoisotopic (exact) mass is 502 g/mol. The summed E-state index contributed by atoms with van der Waals surface area (Å²) in [6.07, 6.45) is 1.65. The van der Waals surface area contributed by atoms with E-state index in [9.17, 15) is 14.7 Å². The number of benzene rings is 1. The van der Waals surface area contributed by atoms with Crippen molar-refractivity contribution in [1.82, 2.24) is 0 Å². The second kappa shape index (κ2) is 12.1. The van der Waals surface area contributed by atoms with Crippen molar-refractivity contribution in [2.24, 2.45) is 17.3 Å². The first-order valence-electron chi connectivity index (χ1n) is 12.9. The van der Waals surface area contributed by atoms with Gasteiger partial charge in [0.05, 0.1) is 37.1 Å². The van der Waals surface area contributed by atoms with Gasteiger partial charge in [0, 0.05) is 43.6 Å². The third-order valence-corrected chi connectivity index (χ3v) is 8.04. The zero-order chi connectivity index (χ0) is 26.5. The van der Waals surface area contributed by atoms with Crippen molar-refractivity contribution in [3.63, 3.8) is 0 Å². The molecule has 0 unspecified atom stereocenters. The number of aliphatic hydroxyl groups is 1. The van der Waals surface area contributed by atoms with Crippen molar-refractivity contribution in [3.05, 3.63) is 48.6 Å². The number of carbonyl (C=O) groups is 2. The van der Waals surface area contributed by atoms with E-state index >= 15 is 0 Å². The summed E-state index contributed by atoms with van der Waals surface area (Å²) in [5, 5.41) is 10.6. The van der Waals surface area contributed by atoms with Crippen molar-refractivity contribution in [2.45, 2.75) is 96.3 Å². The SMILES string of the molecule is C=C[C@@H](O)C(C)(C)[C@H]1C[C@@H](C)C(=O)[C@](C[C@@H]2C[C@H](OCc3ccccc3)[C@@H](C)[C@H](CC=O)O2)(OC)O1. The van der Waals surface area contributed by atoms with Gasteiger partial charge in [-0.25, -0.2) is 0 Å². The quantitative estimate of drug-likeness (QED) is 0.357. The number of hydrogen-bond acceptors (Lipinski definition) is 7. The topological polar surface area (TPSA) is 91.3 Å². The fraction of sp³-hybridized carbons (Fsp3) is 0.655. The van der Waals surface area contributed by atoms with Crippen LogP contribution in [0.5, 0.6) is 0 Å². The lowest BCUT2D eigenvalue weighted by molar-refractivity contribution is -0.290. The summed E-state index contributed by atoms with van der Waals surface area (Å²) in [6, 6.07) is 9.94. The number of ether oxygens (including phenoxy) is 4. The lowest BCUT2D eigenvalue weighted by Gasteiger charge is -2.49. The Morgan fingerprint density at radius 1 is 1.25 bits per heavy atom. The molecule has 3 rings (SSSR count). The maximum absolute atomic E-state index is 13.5. The molecular formula is C29H42O7. The molecule has 2 heterocycles. The minimum Gasteiger partial charge on any atom is -0.388 e. The van der Waals surface area contributed by atoms with Gasteiger partial charge in [-0.05, 0) is 12.0 Å². The number of aldehydes is 1. The first-order chi connectivity index (χ1) is 17.1. The second-order valence-electron chi connectivity index (χ2n) is 10.9. The fourth-order valence-corrected chi connectivity index (χ4v) is 5.40. The molecule has 2 saturated heterocycles. The van der Waals surface area contributed by atoms with E-state index in [-0.39, 0.29) is 42.7 Å². The van der Waals surface area contributed by atoms with Crippen molar-refractivity contribution >= 4 is 12.1 Å². The molecule has 1 N–H and O–H groups in total. The van der Waals surface area contributed by atoms with Crippen molar-refractivity contribution < 1.29 is 33.6 Å². The number of hydrogen-bond donors (Lipinski definition) is 1. The van der Waals surface area contributed by atoms with Crippen molar-refractivity contribution in [2.75, 3.05) is 7.11 Å². The molecule has 7 heteroatoms. The molecule has 0 aliphatic carbocycles. The summed E-state index contributed by atoms with van der Waals surface area (Å²) >= 11 is 0. The Balaban J connectivity index is 1.82. The van der Waals surface area contributed by atoms with Crippen LogP contribution in [-0.2, 0) is 35.1 Å². The average Bonchev–Trinajstić information content (AvgIpc) is 2.87. The summed E-state index contributed by atoms with van der Waals surface area (Å²) in [5.41, 5.74) is 0.391. The summed E-state index contributed by atoms with van der Waals surface area (Å²) < 4.78 is 24.9. The average molecular weight is 503 g/mol.